The van der Waals surface area contributed by atoms with E-state index in [-0.39, 0.29) is 5.25 Å². The highest BCUT2D eigenvalue weighted by Gasteiger charge is 2.32. The van der Waals surface area contributed by atoms with Crippen LogP contribution in [0, 0.1) is 0 Å². The summed E-state index contributed by atoms with van der Waals surface area (Å²) in [7, 11) is -2.84. The molecule has 94 valence electrons. The van der Waals surface area contributed by atoms with E-state index in [2.05, 4.69) is 10.2 Å². The third-order valence-electron chi connectivity index (χ3n) is 3.87. The van der Waals surface area contributed by atoms with E-state index in [1.165, 1.54) is 12.7 Å². The fourth-order valence-electron chi connectivity index (χ4n) is 2.89. The highest BCUT2D eigenvalue weighted by atomic mass is 32.2. The normalized spacial score (nSPS) is 33.8. The Morgan fingerprint density at radius 3 is 2.50 bits per heavy atom. The second-order valence-corrected chi connectivity index (χ2v) is 7.38. The Labute approximate surface area is 98.3 Å². The molecule has 2 rings (SSSR count). The van der Waals surface area contributed by atoms with Gasteiger partial charge in [-0.25, -0.2) is 8.42 Å². The molecule has 0 aromatic carbocycles. The van der Waals surface area contributed by atoms with Gasteiger partial charge in [0.2, 0.25) is 0 Å². The Morgan fingerprint density at radius 2 is 1.88 bits per heavy atom. The van der Waals surface area contributed by atoms with Crippen LogP contribution in [0.2, 0.25) is 0 Å². The summed E-state index contributed by atoms with van der Waals surface area (Å²) in [5, 5.41) is 3.24. The minimum absolute atomic E-state index is 0.0962. The van der Waals surface area contributed by atoms with Gasteiger partial charge in [0.25, 0.3) is 0 Å². The van der Waals surface area contributed by atoms with Crippen LogP contribution >= 0.6 is 0 Å². The molecular weight excluding hydrogens is 224 g/mol. The topological polar surface area (TPSA) is 49.4 Å². The average molecular weight is 246 g/mol. The lowest BCUT2D eigenvalue weighted by molar-refractivity contribution is 0.140. The van der Waals surface area contributed by atoms with Crippen LogP contribution < -0.4 is 5.32 Å². The smallest absolute Gasteiger partial charge is 0.150 e. The minimum atomic E-state index is -2.84. The largest absolute Gasteiger partial charge is 0.314 e. The molecule has 5 heteroatoms. The van der Waals surface area contributed by atoms with E-state index in [1.54, 1.807) is 0 Å². The molecular formula is C11H22N2O2S. The maximum absolute atomic E-state index is 11.6. The van der Waals surface area contributed by atoms with Crippen LogP contribution in [-0.4, -0.2) is 57.0 Å². The zero-order chi connectivity index (χ0) is 11.6. The molecule has 1 aliphatic heterocycles. The Kier molecular flexibility index (Phi) is 3.87. The first-order valence-electron chi connectivity index (χ1n) is 6.21. The van der Waals surface area contributed by atoms with Gasteiger partial charge in [0.15, 0.2) is 0 Å². The van der Waals surface area contributed by atoms with Gasteiger partial charge < -0.3 is 5.32 Å². The second kappa shape index (κ2) is 5.02. The molecule has 0 aromatic heterocycles. The van der Waals surface area contributed by atoms with E-state index >= 15 is 0 Å². The zero-order valence-corrected chi connectivity index (χ0v) is 10.8. The van der Waals surface area contributed by atoms with Gasteiger partial charge in [-0.3, -0.25) is 4.90 Å². The van der Waals surface area contributed by atoms with E-state index in [0.717, 1.165) is 45.4 Å². The summed E-state index contributed by atoms with van der Waals surface area (Å²) in [6.45, 7) is 4.22. The molecule has 1 heterocycles. The summed E-state index contributed by atoms with van der Waals surface area (Å²) in [4.78, 5) is 2.47. The standard InChI is InChI=1S/C11H22N2O2S/c1-16(14,15)11-4-2-3-10(9-11)13-7-5-12-6-8-13/h10-12H,2-9H2,1H3. The summed E-state index contributed by atoms with van der Waals surface area (Å²) in [6, 6.07) is 0.496. The minimum Gasteiger partial charge on any atom is -0.314 e. The molecule has 2 fully saturated rings. The van der Waals surface area contributed by atoms with Crippen molar-refractivity contribution in [2.75, 3.05) is 32.4 Å². The van der Waals surface area contributed by atoms with Gasteiger partial charge in [-0.1, -0.05) is 6.42 Å². The van der Waals surface area contributed by atoms with Crippen molar-refractivity contribution in [3.8, 4) is 0 Å². The lowest BCUT2D eigenvalue weighted by atomic mass is 9.93. The van der Waals surface area contributed by atoms with E-state index in [0.29, 0.717) is 6.04 Å². The third-order valence-corrected chi connectivity index (χ3v) is 5.51. The molecule has 0 amide bonds. The number of nitrogens with one attached hydrogen (secondary N) is 1. The average Bonchev–Trinajstić information content (AvgIpc) is 2.29. The zero-order valence-electron chi connectivity index (χ0n) is 9.98. The Hall–Kier alpha value is -0.130. The molecule has 0 spiro atoms. The van der Waals surface area contributed by atoms with Crippen molar-refractivity contribution in [2.24, 2.45) is 0 Å². The van der Waals surface area contributed by atoms with Crippen LogP contribution in [0.5, 0.6) is 0 Å². The highest BCUT2D eigenvalue weighted by Crippen LogP contribution is 2.27. The van der Waals surface area contributed by atoms with E-state index in [4.69, 9.17) is 0 Å². The van der Waals surface area contributed by atoms with Gasteiger partial charge in [-0.2, -0.15) is 0 Å². The van der Waals surface area contributed by atoms with Crippen LogP contribution in [0.15, 0.2) is 0 Å². The van der Waals surface area contributed by atoms with Gasteiger partial charge in [0.05, 0.1) is 5.25 Å². The van der Waals surface area contributed by atoms with Crippen molar-refractivity contribution in [3.05, 3.63) is 0 Å². The lowest BCUT2D eigenvalue weighted by Gasteiger charge is -2.39. The highest BCUT2D eigenvalue weighted by molar-refractivity contribution is 7.91. The Morgan fingerprint density at radius 1 is 1.19 bits per heavy atom. The first kappa shape index (κ1) is 12.3. The Bertz CT molecular complexity index is 323. The van der Waals surface area contributed by atoms with Crippen molar-refractivity contribution >= 4 is 9.84 Å². The first-order chi connectivity index (χ1) is 7.57. The van der Waals surface area contributed by atoms with Crippen LogP contribution in [0.4, 0.5) is 0 Å². The second-order valence-electron chi connectivity index (χ2n) is 5.06. The summed E-state index contributed by atoms with van der Waals surface area (Å²) in [5.74, 6) is 0. The monoisotopic (exact) mass is 246 g/mol. The maximum atomic E-state index is 11.6. The Balaban J connectivity index is 1.95. The third kappa shape index (κ3) is 2.96. The lowest BCUT2D eigenvalue weighted by Crippen LogP contribution is -2.50. The molecule has 1 N–H and O–H groups in total. The van der Waals surface area contributed by atoms with Crippen LogP contribution in [0.1, 0.15) is 25.7 Å². The summed E-state index contributed by atoms with van der Waals surface area (Å²) in [5.41, 5.74) is 0. The SMILES string of the molecule is CS(=O)(=O)C1CCCC(N2CCNCC2)C1. The van der Waals surface area contributed by atoms with Crippen molar-refractivity contribution in [1.29, 1.82) is 0 Å². The molecule has 0 bridgehead atoms. The summed E-state index contributed by atoms with van der Waals surface area (Å²) in [6.07, 6.45) is 5.33. The molecule has 1 saturated carbocycles. The number of nitrogens with zero attached hydrogens (tertiary/aromatic N) is 1. The molecule has 1 aliphatic carbocycles. The molecule has 0 aromatic rings. The molecule has 2 unspecified atom stereocenters. The van der Waals surface area contributed by atoms with Crippen LogP contribution in [-0.2, 0) is 9.84 Å². The summed E-state index contributed by atoms with van der Waals surface area (Å²) < 4.78 is 23.2. The van der Waals surface area contributed by atoms with Gasteiger partial charge in [-0.05, 0) is 19.3 Å². The first-order valence-corrected chi connectivity index (χ1v) is 8.16. The number of hydrogen-bond donors (Lipinski definition) is 1. The number of piperazine rings is 1. The molecule has 0 radical (unpaired) electrons. The van der Waals surface area contributed by atoms with Gasteiger partial charge in [0.1, 0.15) is 9.84 Å². The van der Waals surface area contributed by atoms with Crippen molar-refractivity contribution in [2.45, 2.75) is 37.0 Å². The molecule has 16 heavy (non-hydrogen) atoms. The van der Waals surface area contributed by atoms with Crippen molar-refractivity contribution < 1.29 is 8.42 Å². The van der Waals surface area contributed by atoms with Crippen LogP contribution in [0.3, 0.4) is 0 Å². The fourth-order valence-corrected chi connectivity index (χ4v) is 4.05. The quantitative estimate of drug-likeness (QED) is 0.759. The molecule has 2 aliphatic rings. The van der Waals surface area contributed by atoms with Crippen LogP contribution in [0.25, 0.3) is 0 Å². The number of sulfone groups is 1. The molecule has 1 saturated heterocycles. The predicted molar refractivity (Wildman–Crippen MR) is 65.3 cm³/mol. The van der Waals surface area contributed by atoms with Crippen molar-refractivity contribution in [3.63, 3.8) is 0 Å². The van der Waals surface area contributed by atoms with Gasteiger partial charge in [-0.15, -0.1) is 0 Å². The summed E-state index contributed by atoms with van der Waals surface area (Å²) >= 11 is 0. The maximum Gasteiger partial charge on any atom is 0.150 e. The predicted octanol–water partition coefficient (Wildman–Crippen LogP) is 0.247. The van der Waals surface area contributed by atoms with E-state index < -0.39 is 9.84 Å². The van der Waals surface area contributed by atoms with Gasteiger partial charge >= 0.3 is 0 Å². The number of hydrogen-bond acceptors (Lipinski definition) is 4. The molecule has 2 atom stereocenters. The van der Waals surface area contributed by atoms with E-state index in [9.17, 15) is 8.42 Å². The van der Waals surface area contributed by atoms with Gasteiger partial charge in [0, 0.05) is 38.5 Å². The number of rotatable bonds is 2. The molecule has 4 nitrogen and oxygen atoms in total. The van der Waals surface area contributed by atoms with Crippen molar-refractivity contribution in [1.82, 2.24) is 10.2 Å². The fraction of sp³-hybridized carbons (Fsp3) is 1.00. The van der Waals surface area contributed by atoms with E-state index in [1.807, 2.05) is 0 Å².